The molecule has 1 aliphatic carbocycles. The second-order valence-corrected chi connectivity index (χ2v) is 14.8. The van der Waals surface area contributed by atoms with E-state index in [4.69, 9.17) is 0 Å². The molecule has 57 heavy (non-hydrogen) atoms. The summed E-state index contributed by atoms with van der Waals surface area (Å²) in [4.78, 5) is 2.51. The molecule has 0 unspecified atom stereocenters. The van der Waals surface area contributed by atoms with Crippen LogP contribution in [0.25, 0.3) is 49.7 Å². The third kappa shape index (κ3) is 5.04. The Balaban J connectivity index is 1.29. The SMILES string of the molecule is c1ccc(-c2ccc3c4ccccc4n(-c4ccccc4)c3c2N(c2ccccc2)c2ccc3c(c2)C(c2ccccc2)(c2ccccc2)c2ccccc2-3)cc1. The fourth-order valence-electron chi connectivity index (χ4n) is 9.52. The number of para-hydroxylation sites is 3. The Hall–Kier alpha value is -7.42. The number of rotatable bonds is 7. The van der Waals surface area contributed by atoms with E-state index in [9.17, 15) is 0 Å². The summed E-state index contributed by atoms with van der Waals surface area (Å²) in [5.41, 5.74) is 16.2. The molecule has 1 aromatic heterocycles. The number of hydrogen-bond donors (Lipinski definition) is 0. The average molecular weight is 727 g/mol. The van der Waals surface area contributed by atoms with Gasteiger partial charge in [-0.25, -0.2) is 0 Å². The van der Waals surface area contributed by atoms with Gasteiger partial charge in [0.25, 0.3) is 0 Å². The molecule has 2 heteroatoms. The predicted molar refractivity (Wildman–Crippen MR) is 238 cm³/mol. The fourth-order valence-corrected chi connectivity index (χ4v) is 9.52. The molecular formula is C55H38N2. The molecule has 1 aliphatic rings. The quantitative estimate of drug-likeness (QED) is 0.159. The molecule has 9 aromatic carbocycles. The first-order chi connectivity index (χ1) is 28.3. The molecule has 0 saturated carbocycles. The number of hydrogen-bond acceptors (Lipinski definition) is 1. The van der Waals surface area contributed by atoms with Gasteiger partial charge in [0.15, 0.2) is 0 Å². The Kier molecular flexibility index (Phi) is 7.75. The summed E-state index contributed by atoms with van der Waals surface area (Å²) in [5.74, 6) is 0. The van der Waals surface area contributed by atoms with Gasteiger partial charge in [0.05, 0.1) is 22.1 Å². The van der Waals surface area contributed by atoms with Gasteiger partial charge in [-0.1, -0.05) is 188 Å². The number of nitrogens with zero attached hydrogens (tertiary/aromatic N) is 2. The molecule has 0 saturated heterocycles. The summed E-state index contributed by atoms with van der Waals surface area (Å²) < 4.78 is 2.46. The lowest BCUT2D eigenvalue weighted by atomic mass is 9.67. The van der Waals surface area contributed by atoms with Crippen LogP contribution >= 0.6 is 0 Å². The van der Waals surface area contributed by atoms with Crippen LogP contribution in [0.4, 0.5) is 17.1 Å². The van der Waals surface area contributed by atoms with Gasteiger partial charge in [-0.15, -0.1) is 0 Å². The maximum Gasteiger partial charge on any atom is 0.0788 e. The van der Waals surface area contributed by atoms with E-state index >= 15 is 0 Å². The van der Waals surface area contributed by atoms with Gasteiger partial charge in [0.2, 0.25) is 0 Å². The summed E-state index contributed by atoms with van der Waals surface area (Å²) in [7, 11) is 0. The zero-order valence-corrected chi connectivity index (χ0v) is 31.3. The van der Waals surface area contributed by atoms with E-state index in [2.05, 4.69) is 240 Å². The maximum atomic E-state index is 2.51. The van der Waals surface area contributed by atoms with E-state index < -0.39 is 5.41 Å². The van der Waals surface area contributed by atoms with Crippen LogP contribution in [-0.4, -0.2) is 4.57 Å². The number of fused-ring (bicyclic) bond motifs is 6. The largest absolute Gasteiger partial charge is 0.308 e. The van der Waals surface area contributed by atoms with Crippen LogP contribution in [0, 0.1) is 0 Å². The van der Waals surface area contributed by atoms with E-state index in [-0.39, 0.29) is 0 Å². The summed E-state index contributed by atoms with van der Waals surface area (Å²) in [6.07, 6.45) is 0. The molecule has 0 amide bonds. The Morgan fingerprint density at radius 2 is 0.912 bits per heavy atom. The second-order valence-electron chi connectivity index (χ2n) is 14.8. The van der Waals surface area contributed by atoms with Crippen molar-refractivity contribution in [2.24, 2.45) is 0 Å². The van der Waals surface area contributed by atoms with Crippen LogP contribution in [0.1, 0.15) is 22.3 Å². The molecule has 11 rings (SSSR count). The Labute approximate surface area is 333 Å². The number of aromatic nitrogens is 1. The first-order valence-electron chi connectivity index (χ1n) is 19.7. The van der Waals surface area contributed by atoms with Crippen molar-refractivity contribution in [1.29, 1.82) is 0 Å². The van der Waals surface area contributed by atoms with Crippen LogP contribution < -0.4 is 4.90 Å². The van der Waals surface area contributed by atoms with Crippen molar-refractivity contribution < 1.29 is 0 Å². The van der Waals surface area contributed by atoms with E-state index in [0.717, 1.165) is 39.4 Å². The predicted octanol–water partition coefficient (Wildman–Crippen LogP) is 14.3. The minimum Gasteiger partial charge on any atom is -0.308 e. The minimum atomic E-state index is -0.528. The first-order valence-corrected chi connectivity index (χ1v) is 19.7. The van der Waals surface area contributed by atoms with E-state index in [1.165, 1.54) is 49.7 Å². The summed E-state index contributed by atoms with van der Waals surface area (Å²) in [5, 5.41) is 2.43. The molecule has 0 fully saturated rings. The highest BCUT2D eigenvalue weighted by Crippen LogP contribution is 2.58. The van der Waals surface area contributed by atoms with Crippen molar-refractivity contribution in [2.45, 2.75) is 5.41 Å². The highest BCUT2D eigenvalue weighted by Gasteiger charge is 2.46. The van der Waals surface area contributed by atoms with Gasteiger partial charge >= 0.3 is 0 Å². The van der Waals surface area contributed by atoms with Crippen molar-refractivity contribution in [3.63, 3.8) is 0 Å². The summed E-state index contributed by atoms with van der Waals surface area (Å²) >= 11 is 0. The van der Waals surface area contributed by atoms with Crippen LogP contribution in [0.3, 0.4) is 0 Å². The second kappa shape index (κ2) is 13.4. The fraction of sp³-hybridized carbons (Fsp3) is 0.0182. The van der Waals surface area contributed by atoms with Crippen molar-refractivity contribution in [3.8, 4) is 27.9 Å². The molecule has 0 N–H and O–H groups in total. The number of anilines is 3. The molecule has 0 bridgehead atoms. The highest BCUT2D eigenvalue weighted by molar-refractivity contribution is 6.17. The molecule has 0 atom stereocenters. The smallest absolute Gasteiger partial charge is 0.0788 e. The van der Waals surface area contributed by atoms with Gasteiger partial charge < -0.3 is 9.47 Å². The molecular weight excluding hydrogens is 689 g/mol. The Morgan fingerprint density at radius 1 is 0.368 bits per heavy atom. The van der Waals surface area contributed by atoms with Gasteiger partial charge in [0.1, 0.15) is 0 Å². The van der Waals surface area contributed by atoms with Crippen LogP contribution in [0.2, 0.25) is 0 Å². The Morgan fingerprint density at radius 3 is 1.61 bits per heavy atom. The van der Waals surface area contributed by atoms with E-state index in [1.54, 1.807) is 0 Å². The average Bonchev–Trinajstić information content (AvgIpc) is 3.79. The van der Waals surface area contributed by atoms with Gasteiger partial charge in [-0.05, 0) is 81.4 Å². The summed E-state index contributed by atoms with van der Waals surface area (Å²) in [6.45, 7) is 0. The zero-order valence-electron chi connectivity index (χ0n) is 31.3. The Bertz CT molecular complexity index is 3000. The van der Waals surface area contributed by atoms with Crippen LogP contribution in [0.5, 0.6) is 0 Å². The molecule has 0 aliphatic heterocycles. The number of benzene rings is 9. The first kappa shape index (κ1) is 33.0. The van der Waals surface area contributed by atoms with Crippen molar-refractivity contribution in [2.75, 3.05) is 4.90 Å². The molecule has 0 spiro atoms. The zero-order chi connectivity index (χ0) is 37.8. The van der Waals surface area contributed by atoms with Gasteiger partial charge in [-0.3, -0.25) is 0 Å². The lowest BCUT2D eigenvalue weighted by molar-refractivity contribution is 0.768. The minimum absolute atomic E-state index is 0.528. The van der Waals surface area contributed by atoms with Crippen LogP contribution in [-0.2, 0) is 5.41 Å². The lowest BCUT2D eigenvalue weighted by Crippen LogP contribution is -2.28. The third-order valence-corrected chi connectivity index (χ3v) is 11.8. The lowest BCUT2D eigenvalue weighted by Gasteiger charge is -2.35. The molecule has 10 aromatic rings. The van der Waals surface area contributed by atoms with E-state index in [0.29, 0.717) is 0 Å². The topological polar surface area (TPSA) is 8.17 Å². The monoisotopic (exact) mass is 726 g/mol. The highest BCUT2D eigenvalue weighted by atomic mass is 15.2. The normalized spacial score (nSPS) is 12.7. The molecule has 0 radical (unpaired) electrons. The standard InChI is InChI=1S/C55H38N2/c1-6-20-39(21-7-1)45-36-37-49-48-31-17-19-33-52(48)57(43-28-14-5-15-29-43)54(49)53(45)56(42-26-12-4-13-27-42)44-34-35-47-46-30-16-18-32-50(46)55(51(47)38-44,40-22-8-2-9-23-40)41-24-10-3-11-25-41/h1-38H. The van der Waals surface area contributed by atoms with Crippen LogP contribution in [0.15, 0.2) is 231 Å². The van der Waals surface area contributed by atoms with Crippen molar-refractivity contribution in [3.05, 3.63) is 253 Å². The maximum absolute atomic E-state index is 2.51. The van der Waals surface area contributed by atoms with Gasteiger partial charge in [-0.2, -0.15) is 0 Å². The molecule has 268 valence electrons. The molecule has 2 nitrogen and oxygen atoms in total. The molecule has 1 heterocycles. The van der Waals surface area contributed by atoms with Crippen molar-refractivity contribution >= 4 is 38.9 Å². The van der Waals surface area contributed by atoms with Crippen molar-refractivity contribution in [1.82, 2.24) is 4.57 Å². The third-order valence-electron chi connectivity index (χ3n) is 11.8. The van der Waals surface area contributed by atoms with Gasteiger partial charge in [0, 0.05) is 33.4 Å². The summed E-state index contributed by atoms with van der Waals surface area (Å²) in [6, 6.07) is 84.3. The van der Waals surface area contributed by atoms with E-state index in [1.807, 2.05) is 0 Å².